The third-order valence-electron chi connectivity index (χ3n) is 4.41. The van der Waals surface area contributed by atoms with Gasteiger partial charge in [0.2, 0.25) is 11.8 Å². The Bertz CT molecular complexity index is 734. The van der Waals surface area contributed by atoms with Crippen molar-refractivity contribution in [3.05, 3.63) is 46.6 Å². The molecule has 2 heterocycles. The molecule has 0 unspecified atom stereocenters. The SMILES string of the molecule is CO[C@@H](C)c1noc(CCC(=O)N2CCO[C@@H](c3ccc(Cl)cc3)C2)n1. The summed E-state index contributed by atoms with van der Waals surface area (Å²) in [4.78, 5) is 18.6. The number of hydrogen-bond donors (Lipinski definition) is 0. The van der Waals surface area contributed by atoms with Crippen LogP contribution in [0.5, 0.6) is 0 Å². The number of carbonyl (C=O) groups is 1. The van der Waals surface area contributed by atoms with Gasteiger partial charge in [-0.3, -0.25) is 4.79 Å². The van der Waals surface area contributed by atoms with Gasteiger partial charge in [0.25, 0.3) is 0 Å². The number of amides is 1. The van der Waals surface area contributed by atoms with E-state index in [1.807, 2.05) is 36.1 Å². The van der Waals surface area contributed by atoms with E-state index in [0.717, 1.165) is 5.56 Å². The first-order chi connectivity index (χ1) is 12.6. The molecule has 0 radical (unpaired) electrons. The maximum atomic E-state index is 12.5. The van der Waals surface area contributed by atoms with Crippen molar-refractivity contribution >= 4 is 17.5 Å². The van der Waals surface area contributed by atoms with Crippen molar-refractivity contribution < 1.29 is 18.8 Å². The number of hydrogen-bond acceptors (Lipinski definition) is 6. The monoisotopic (exact) mass is 379 g/mol. The third-order valence-corrected chi connectivity index (χ3v) is 4.67. The Hall–Kier alpha value is -1.96. The zero-order chi connectivity index (χ0) is 18.5. The second kappa shape index (κ2) is 8.62. The maximum Gasteiger partial charge on any atom is 0.227 e. The van der Waals surface area contributed by atoms with Crippen molar-refractivity contribution in [1.82, 2.24) is 15.0 Å². The summed E-state index contributed by atoms with van der Waals surface area (Å²) in [6, 6.07) is 7.51. The zero-order valence-corrected chi connectivity index (χ0v) is 15.6. The summed E-state index contributed by atoms with van der Waals surface area (Å²) in [6.45, 7) is 3.45. The lowest BCUT2D eigenvalue weighted by Crippen LogP contribution is -2.42. The summed E-state index contributed by atoms with van der Waals surface area (Å²) in [7, 11) is 1.58. The first-order valence-corrected chi connectivity index (χ1v) is 8.94. The van der Waals surface area contributed by atoms with Gasteiger partial charge < -0.3 is 18.9 Å². The first-order valence-electron chi connectivity index (χ1n) is 8.57. The van der Waals surface area contributed by atoms with Crippen LogP contribution in [0.4, 0.5) is 0 Å². The normalized spacial score (nSPS) is 18.7. The Morgan fingerprint density at radius 1 is 1.42 bits per heavy atom. The molecule has 140 valence electrons. The van der Waals surface area contributed by atoms with Crippen LogP contribution in [0, 0.1) is 0 Å². The summed E-state index contributed by atoms with van der Waals surface area (Å²) in [5, 5.41) is 4.55. The van der Waals surface area contributed by atoms with Crippen LogP contribution >= 0.6 is 11.6 Å². The highest BCUT2D eigenvalue weighted by Crippen LogP contribution is 2.24. The molecule has 0 saturated carbocycles. The van der Waals surface area contributed by atoms with E-state index in [4.69, 9.17) is 25.6 Å². The average Bonchev–Trinajstić information content (AvgIpc) is 3.15. The molecule has 0 spiro atoms. The second-order valence-corrected chi connectivity index (χ2v) is 6.61. The smallest absolute Gasteiger partial charge is 0.227 e. The van der Waals surface area contributed by atoms with Crippen LogP contribution < -0.4 is 0 Å². The molecule has 0 N–H and O–H groups in total. The van der Waals surface area contributed by atoms with Crippen LogP contribution in [0.1, 0.15) is 42.8 Å². The number of nitrogens with zero attached hydrogens (tertiary/aromatic N) is 3. The number of ether oxygens (including phenoxy) is 2. The largest absolute Gasteiger partial charge is 0.374 e. The number of methoxy groups -OCH3 is 1. The van der Waals surface area contributed by atoms with Gasteiger partial charge in [0, 0.05) is 31.5 Å². The van der Waals surface area contributed by atoms with Gasteiger partial charge >= 0.3 is 0 Å². The summed E-state index contributed by atoms with van der Waals surface area (Å²) in [5.41, 5.74) is 1.02. The minimum Gasteiger partial charge on any atom is -0.374 e. The molecule has 0 bridgehead atoms. The number of halogens is 1. The van der Waals surface area contributed by atoms with E-state index in [9.17, 15) is 4.79 Å². The Kier molecular flexibility index (Phi) is 6.24. The predicted molar refractivity (Wildman–Crippen MR) is 94.8 cm³/mol. The van der Waals surface area contributed by atoms with Crippen molar-refractivity contribution in [3.63, 3.8) is 0 Å². The summed E-state index contributed by atoms with van der Waals surface area (Å²) >= 11 is 5.93. The molecule has 1 saturated heterocycles. The van der Waals surface area contributed by atoms with Crippen molar-refractivity contribution in [2.45, 2.75) is 32.0 Å². The van der Waals surface area contributed by atoms with Gasteiger partial charge in [-0.2, -0.15) is 4.98 Å². The highest BCUT2D eigenvalue weighted by molar-refractivity contribution is 6.30. The lowest BCUT2D eigenvalue weighted by Gasteiger charge is -2.33. The van der Waals surface area contributed by atoms with Gasteiger partial charge in [0.1, 0.15) is 12.2 Å². The summed E-state index contributed by atoms with van der Waals surface area (Å²) < 4.78 is 16.1. The molecule has 1 fully saturated rings. The van der Waals surface area contributed by atoms with Gasteiger partial charge in [0.15, 0.2) is 5.82 Å². The predicted octanol–water partition coefficient (Wildman–Crippen LogP) is 2.96. The number of aromatic nitrogens is 2. The fourth-order valence-corrected chi connectivity index (χ4v) is 2.89. The Balaban J connectivity index is 1.54. The standard InChI is InChI=1S/C18H22ClN3O4/c1-12(24-2)18-20-16(26-21-18)7-8-17(23)22-9-10-25-15(11-22)13-3-5-14(19)6-4-13/h3-6,12,15H,7-11H2,1-2H3/t12-,15+/m0/s1. The Morgan fingerprint density at radius 2 is 2.19 bits per heavy atom. The molecule has 2 aromatic rings. The van der Waals surface area contributed by atoms with E-state index in [0.29, 0.717) is 49.3 Å². The highest BCUT2D eigenvalue weighted by Gasteiger charge is 2.25. The van der Waals surface area contributed by atoms with Crippen molar-refractivity contribution in [3.8, 4) is 0 Å². The van der Waals surface area contributed by atoms with Crippen LogP contribution in [0.15, 0.2) is 28.8 Å². The molecule has 1 amide bonds. The zero-order valence-electron chi connectivity index (χ0n) is 14.9. The van der Waals surface area contributed by atoms with Crippen molar-refractivity contribution in [1.29, 1.82) is 0 Å². The molecule has 26 heavy (non-hydrogen) atoms. The molecule has 2 atom stereocenters. The van der Waals surface area contributed by atoms with Gasteiger partial charge in [-0.05, 0) is 24.6 Å². The van der Waals surface area contributed by atoms with Gasteiger partial charge in [-0.15, -0.1) is 0 Å². The molecule has 3 rings (SSSR count). The van der Waals surface area contributed by atoms with Gasteiger partial charge in [0.05, 0.1) is 13.2 Å². The number of aryl methyl sites for hydroxylation is 1. The minimum atomic E-state index is -0.234. The molecule has 1 aliphatic rings. The number of carbonyl (C=O) groups excluding carboxylic acids is 1. The minimum absolute atomic E-state index is 0.0480. The van der Waals surface area contributed by atoms with Crippen LogP contribution in [-0.4, -0.2) is 47.8 Å². The molecule has 1 aromatic carbocycles. The fourth-order valence-electron chi connectivity index (χ4n) is 2.77. The van der Waals surface area contributed by atoms with E-state index < -0.39 is 0 Å². The van der Waals surface area contributed by atoms with Crippen LogP contribution in [0.25, 0.3) is 0 Å². The quantitative estimate of drug-likeness (QED) is 0.767. The van der Waals surface area contributed by atoms with Crippen LogP contribution in [0.3, 0.4) is 0 Å². The highest BCUT2D eigenvalue weighted by atomic mass is 35.5. The Labute approximate surface area is 157 Å². The summed E-state index contributed by atoms with van der Waals surface area (Å²) in [6.07, 6.45) is 0.354. The Morgan fingerprint density at radius 3 is 2.92 bits per heavy atom. The van der Waals surface area contributed by atoms with Gasteiger partial charge in [-0.25, -0.2) is 0 Å². The number of rotatable bonds is 6. The van der Waals surface area contributed by atoms with E-state index >= 15 is 0 Å². The molecule has 0 aliphatic carbocycles. The van der Waals surface area contributed by atoms with E-state index in [2.05, 4.69) is 10.1 Å². The third kappa shape index (κ3) is 4.60. The summed E-state index contributed by atoms with van der Waals surface area (Å²) in [5.74, 6) is 0.982. The van der Waals surface area contributed by atoms with Crippen molar-refractivity contribution in [2.24, 2.45) is 0 Å². The average molecular weight is 380 g/mol. The molecular formula is C18H22ClN3O4. The second-order valence-electron chi connectivity index (χ2n) is 6.17. The number of morpholine rings is 1. The molecule has 1 aliphatic heterocycles. The van der Waals surface area contributed by atoms with Crippen molar-refractivity contribution in [2.75, 3.05) is 26.8 Å². The first kappa shape index (κ1) is 18.8. The van der Waals surface area contributed by atoms with Crippen LogP contribution in [0.2, 0.25) is 5.02 Å². The molecule has 1 aromatic heterocycles. The van der Waals surface area contributed by atoms with Crippen LogP contribution in [-0.2, 0) is 20.7 Å². The lowest BCUT2D eigenvalue weighted by atomic mass is 10.1. The fraction of sp³-hybridized carbons (Fsp3) is 0.500. The van der Waals surface area contributed by atoms with E-state index in [-0.39, 0.29) is 18.1 Å². The van der Waals surface area contributed by atoms with Gasteiger partial charge in [-0.1, -0.05) is 28.9 Å². The number of benzene rings is 1. The maximum absolute atomic E-state index is 12.5. The van der Waals surface area contributed by atoms with E-state index in [1.165, 1.54) is 0 Å². The van der Waals surface area contributed by atoms with E-state index in [1.54, 1.807) is 7.11 Å². The molecular weight excluding hydrogens is 358 g/mol. The molecule has 7 nitrogen and oxygen atoms in total. The molecule has 8 heteroatoms. The lowest BCUT2D eigenvalue weighted by molar-refractivity contribution is -0.139. The topological polar surface area (TPSA) is 77.7 Å².